The molecule has 0 spiro atoms. The van der Waals surface area contributed by atoms with Crippen molar-refractivity contribution in [1.29, 1.82) is 0 Å². The normalized spacial score (nSPS) is 21.5. The van der Waals surface area contributed by atoms with Crippen LogP contribution in [0.5, 0.6) is 0 Å². The first-order valence-electron chi connectivity index (χ1n) is 18.0. The number of hydrogen-bond acceptors (Lipinski definition) is 8. The summed E-state index contributed by atoms with van der Waals surface area (Å²) in [4.78, 5) is 44.0. The first-order valence-corrected chi connectivity index (χ1v) is 20.8. The van der Waals surface area contributed by atoms with Crippen molar-refractivity contribution in [3.05, 3.63) is 162 Å². The maximum atomic E-state index is 14.1. The minimum atomic E-state index is -3.10. The van der Waals surface area contributed by atoms with E-state index in [4.69, 9.17) is 13.9 Å². The number of aliphatic hydroxyl groups excluding tert-OH is 1. The lowest BCUT2D eigenvalue weighted by molar-refractivity contribution is -0.181. The number of aryl methyl sites for hydroxylation is 1. The fraction of sp³-hybridized carbons (Fsp3) is 0.250. The number of thioether (sulfide) groups is 1. The fourth-order valence-corrected chi connectivity index (χ4v) is 13.3. The Bertz CT molecular complexity index is 2030. The summed E-state index contributed by atoms with van der Waals surface area (Å²) in [6, 6.07) is 42.0. The van der Waals surface area contributed by atoms with Crippen molar-refractivity contribution in [2.45, 2.75) is 67.4 Å². The lowest BCUT2D eigenvalue weighted by atomic mass is 9.96. The molecule has 1 fully saturated rings. The van der Waals surface area contributed by atoms with E-state index in [-0.39, 0.29) is 28.3 Å². The van der Waals surface area contributed by atoms with Crippen molar-refractivity contribution in [3.63, 3.8) is 0 Å². The number of esters is 1. The zero-order valence-electron chi connectivity index (χ0n) is 30.6. The van der Waals surface area contributed by atoms with Crippen molar-refractivity contribution < 1.29 is 33.4 Å². The summed E-state index contributed by atoms with van der Waals surface area (Å²) < 4.78 is 20.3. The summed E-state index contributed by atoms with van der Waals surface area (Å²) in [7, 11) is -3.10. The molecule has 8 nitrogen and oxygen atoms in total. The third-order valence-corrected chi connectivity index (χ3v) is 16.3. The monoisotopic (exact) mass is 757 g/mol. The number of nitrogens with zero attached hydrogens (tertiary/aromatic N) is 1. The molecule has 5 atom stereocenters. The Morgan fingerprint density at radius 3 is 1.78 bits per heavy atom. The summed E-state index contributed by atoms with van der Waals surface area (Å²) in [5.41, 5.74) is 0.838. The van der Waals surface area contributed by atoms with Gasteiger partial charge in [0.15, 0.2) is 6.10 Å². The van der Waals surface area contributed by atoms with Gasteiger partial charge in [-0.25, -0.2) is 4.79 Å². The Labute approximate surface area is 321 Å². The summed E-state index contributed by atoms with van der Waals surface area (Å²) in [6.45, 7) is 8.41. The minimum Gasteiger partial charge on any atom is -0.454 e. The molecule has 1 saturated heterocycles. The number of amides is 2. The van der Waals surface area contributed by atoms with Crippen molar-refractivity contribution >= 4 is 48.2 Å². The van der Waals surface area contributed by atoms with Gasteiger partial charge in [0.25, 0.3) is 20.1 Å². The number of rotatable bonds is 10. The standard InChI is InChI=1S/C44H43NO7SSi/c1-29-24-26-31(27-25-29)53-43-37(45-40(47)34-22-14-15-23-35(34)41(45)48)39(52-42(49)30-16-8-5-9-17-30)38(46)36(51-43)28-50-54(44(2,3)4,32-18-10-6-11-19-32)33-20-12-7-13-21-33/h5-27,36-39,43,46H,28H2,1-4H3/t36-,37-,38-,39-,43+/m1/s1. The quantitative estimate of drug-likeness (QED) is 0.0962. The molecule has 0 aliphatic carbocycles. The number of carbonyl (C=O) groups excluding carboxylic acids is 3. The molecular formula is C44H43NO7SSi. The van der Waals surface area contributed by atoms with Crippen LogP contribution in [-0.2, 0) is 13.9 Å². The Hall–Kier alpha value is -4.84. The third kappa shape index (κ3) is 7.08. The van der Waals surface area contributed by atoms with Gasteiger partial charge in [0, 0.05) is 4.90 Å². The van der Waals surface area contributed by atoms with Crippen LogP contribution in [0.1, 0.15) is 57.4 Å². The predicted molar refractivity (Wildman–Crippen MR) is 212 cm³/mol. The van der Waals surface area contributed by atoms with Gasteiger partial charge in [0.2, 0.25) is 0 Å². The number of benzene rings is 5. The zero-order valence-corrected chi connectivity index (χ0v) is 32.4. The maximum absolute atomic E-state index is 14.1. The first kappa shape index (κ1) is 37.5. The molecule has 0 saturated carbocycles. The first-order chi connectivity index (χ1) is 26.0. The SMILES string of the molecule is Cc1ccc(S[C@@H]2O[C@H](CO[Si](c3ccccc3)(c3ccccc3)C(C)(C)C)[C@@H](O)[C@H](OC(=O)c3ccccc3)[C@H]2N2C(=O)c3ccccc3C2=O)cc1. The van der Waals surface area contributed by atoms with E-state index in [0.717, 1.165) is 25.7 Å². The highest BCUT2D eigenvalue weighted by Crippen LogP contribution is 2.42. The van der Waals surface area contributed by atoms with E-state index >= 15 is 0 Å². The van der Waals surface area contributed by atoms with Crippen LogP contribution in [0.3, 0.4) is 0 Å². The Morgan fingerprint density at radius 2 is 1.26 bits per heavy atom. The Morgan fingerprint density at radius 1 is 0.759 bits per heavy atom. The zero-order chi connectivity index (χ0) is 38.0. The molecule has 54 heavy (non-hydrogen) atoms. The van der Waals surface area contributed by atoms with Crippen LogP contribution in [0, 0.1) is 6.92 Å². The van der Waals surface area contributed by atoms with E-state index in [1.807, 2.05) is 67.6 Å². The van der Waals surface area contributed by atoms with Crippen LogP contribution in [0.4, 0.5) is 0 Å². The van der Waals surface area contributed by atoms with Gasteiger partial charge < -0.3 is 19.0 Å². The molecule has 0 radical (unpaired) electrons. The molecule has 2 amide bonds. The van der Waals surface area contributed by atoms with Gasteiger partial charge in [0.05, 0.1) is 23.3 Å². The van der Waals surface area contributed by atoms with E-state index in [1.54, 1.807) is 54.6 Å². The molecule has 2 heterocycles. The van der Waals surface area contributed by atoms with Gasteiger partial charge in [0.1, 0.15) is 23.7 Å². The number of carbonyl (C=O) groups is 3. The molecule has 2 aliphatic heterocycles. The molecule has 5 aromatic rings. The molecule has 10 heteroatoms. The largest absolute Gasteiger partial charge is 0.454 e. The van der Waals surface area contributed by atoms with Crippen LogP contribution >= 0.6 is 11.8 Å². The predicted octanol–water partition coefficient (Wildman–Crippen LogP) is 6.64. The van der Waals surface area contributed by atoms with E-state index in [9.17, 15) is 19.5 Å². The number of imide groups is 1. The van der Waals surface area contributed by atoms with Crippen LogP contribution in [0.2, 0.25) is 5.04 Å². The molecule has 2 aliphatic rings. The van der Waals surface area contributed by atoms with Crippen molar-refractivity contribution in [2.24, 2.45) is 0 Å². The summed E-state index contributed by atoms with van der Waals surface area (Å²) in [5, 5.41) is 14.1. The second-order valence-corrected chi connectivity index (χ2v) is 20.2. The van der Waals surface area contributed by atoms with E-state index in [0.29, 0.717) is 0 Å². The van der Waals surface area contributed by atoms with Gasteiger partial charge >= 0.3 is 5.97 Å². The maximum Gasteiger partial charge on any atom is 0.338 e. The fourth-order valence-electron chi connectivity index (χ4n) is 7.51. The number of hydrogen-bond donors (Lipinski definition) is 1. The van der Waals surface area contributed by atoms with E-state index in [2.05, 4.69) is 45.0 Å². The third-order valence-electron chi connectivity index (χ3n) is 10.2. The highest BCUT2D eigenvalue weighted by molar-refractivity contribution is 7.99. The molecule has 5 aromatic carbocycles. The number of fused-ring (bicyclic) bond motifs is 1. The van der Waals surface area contributed by atoms with Crippen molar-refractivity contribution in [3.8, 4) is 0 Å². The van der Waals surface area contributed by atoms with Gasteiger partial charge in [-0.1, -0.05) is 141 Å². The summed E-state index contributed by atoms with van der Waals surface area (Å²) in [6.07, 6.45) is -3.88. The lowest BCUT2D eigenvalue weighted by Gasteiger charge is -2.48. The van der Waals surface area contributed by atoms with Crippen LogP contribution in [0.25, 0.3) is 0 Å². The van der Waals surface area contributed by atoms with E-state index in [1.165, 1.54) is 11.8 Å². The smallest absolute Gasteiger partial charge is 0.338 e. The van der Waals surface area contributed by atoms with Crippen LogP contribution < -0.4 is 10.4 Å². The Balaban J connectivity index is 1.32. The van der Waals surface area contributed by atoms with Crippen LogP contribution in [-0.4, -0.2) is 72.5 Å². The summed E-state index contributed by atoms with van der Waals surface area (Å²) in [5.74, 6) is -1.80. The minimum absolute atomic E-state index is 0.0619. The second kappa shape index (κ2) is 15.5. The van der Waals surface area contributed by atoms with Gasteiger partial charge in [-0.05, 0) is 58.7 Å². The summed E-state index contributed by atoms with van der Waals surface area (Å²) >= 11 is 1.30. The van der Waals surface area contributed by atoms with Crippen LogP contribution in [0.15, 0.2) is 144 Å². The van der Waals surface area contributed by atoms with Crippen molar-refractivity contribution in [2.75, 3.05) is 6.61 Å². The van der Waals surface area contributed by atoms with Gasteiger partial charge in [-0.15, -0.1) is 0 Å². The average Bonchev–Trinajstić information content (AvgIpc) is 3.43. The molecule has 1 N–H and O–H groups in total. The highest BCUT2D eigenvalue weighted by atomic mass is 32.2. The lowest BCUT2D eigenvalue weighted by Crippen LogP contribution is -2.69. The average molecular weight is 758 g/mol. The second-order valence-electron chi connectivity index (χ2n) is 14.7. The number of ether oxygens (including phenoxy) is 2. The van der Waals surface area contributed by atoms with Crippen molar-refractivity contribution in [1.82, 2.24) is 4.90 Å². The topological polar surface area (TPSA) is 102 Å². The molecule has 276 valence electrons. The van der Waals surface area contributed by atoms with Gasteiger partial charge in [-0.3, -0.25) is 14.5 Å². The molecule has 7 rings (SSSR count). The van der Waals surface area contributed by atoms with Gasteiger partial charge in [-0.2, -0.15) is 0 Å². The van der Waals surface area contributed by atoms with E-state index < -0.39 is 55.9 Å². The number of aliphatic hydroxyl groups is 1. The Kier molecular flexibility index (Phi) is 10.7. The molecule has 0 aromatic heterocycles. The highest BCUT2D eigenvalue weighted by Gasteiger charge is 2.57. The molecular weight excluding hydrogens is 715 g/mol. The molecule has 0 bridgehead atoms. The molecule has 0 unspecified atom stereocenters.